The molecule has 3 heterocycles. The van der Waals surface area contributed by atoms with Crippen LogP contribution < -0.4 is 0 Å². The molecule has 0 fully saturated rings. The van der Waals surface area contributed by atoms with E-state index in [9.17, 15) is 8.22 Å². The lowest BCUT2D eigenvalue weighted by atomic mass is 9.98. The maximum atomic E-state index is 9.85. The van der Waals surface area contributed by atoms with Crippen LogP contribution in [0.15, 0.2) is 194 Å². The number of fused-ring (bicyclic) bond motifs is 6. The Balaban J connectivity index is 1.21. The molecule has 0 saturated carbocycles. The molecular formula is C51H32N4S. The highest BCUT2D eigenvalue weighted by molar-refractivity contribution is 7.25. The molecule has 262 valence electrons. The maximum Gasteiger partial charge on any atom is 0.164 e. The van der Waals surface area contributed by atoms with Gasteiger partial charge in [-0.3, -0.25) is 0 Å². The summed E-state index contributed by atoms with van der Waals surface area (Å²) in [5.41, 5.74) is 1.50. The number of hydrogen-bond donors (Lipinski definition) is 0. The molecule has 0 radical (unpaired) electrons. The van der Waals surface area contributed by atoms with Crippen LogP contribution >= 0.6 is 11.3 Å². The lowest BCUT2D eigenvalue weighted by Crippen LogP contribution is -2.01. The molecule has 5 heteroatoms. The van der Waals surface area contributed by atoms with Crippen molar-refractivity contribution in [1.29, 1.82) is 0 Å². The average Bonchev–Trinajstić information content (AvgIpc) is 4.00. The molecule has 11 aromatic rings. The summed E-state index contributed by atoms with van der Waals surface area (Å²) in [7, 11) is 0. The number of para-hydroxylation sites is 2. The zero-order chi connectivity index (χ0) is 53.5. The van der Waals surface area contributed by atoms with Crippen LogP contribution in [0, 0.1) is 0 Å². The van der Waals surface area contributed by atoms with Crippen molar-refractivity contribution in [3.63, 3.8) is 0 Å². The molecule has 0 aliphatic heterocycles. The second-order valence-electron chi connectivity index (χ2n) is 12.6. The monoisotopic (exact) mass is 751 g/mol. The summed E-state index contributed by atoms with van der Waals surface area (Å²) in [5, 5.41) is -0.826. The first-order chi connectivity index (χ1) is 35.7. The summed E-state index contributed by atoms with van der Waals surface area (Å²) in [6.07, 6.45) is 0. The molecule has 0 bridgehead atoms. The SMILES string of the molecule is [2H]c1c([2H])c(-c2nc(-c3ccc(-c4cccc(-c5ccccc5)c4)cc3)nc(-c3c([2H])c([2H])c4c(sc5c([2H])c([2H])c([2H])c([2H])c54)c3[2H])n2)c([2H])c(-n2c3c([2H])c([2H])c([2H])c([2H])c3c3c([2H])c([2H])c([2H])c([2H])c32)c1[2H]. The maximum absolute atomic E-state index is 9.85. The van der Waals surface area contributed by atoms with E-state index in [1.54, 1.807) is 24.3 Å². The molecule has 0 saturated heterocycles. The summed E-state index contributed by atoms with van der Waals surface area (Å²) in [4.78, 5) is 14.1. The minimum Gasteiger partial charge on any atom is -0.309 e. The van der Waals surface area contributed by atoms with E-state index < -0.39 is 149 Å². The fourth-order valence-corrected chi connectivity index (χ4v) is 7.63. The largest absolute Gasteiger partial charge is 0.309 e. The summed E-state index contributed by atoms with van der Waals surface area (Å²) < 4.78 is 171. The van der Waals surface area contributed by atoms with Gasteiger partial charge in [0.25, 0.3) is 0 Å². The Labute approximate surface area is 354 Å². The standard InChI is InChI=1S/C51H32N4S/c1-2-12-33(13-3-1)36-14-10-15-37(30-36)34-24-26-35(27-25-34)49-52-50(54-51(53-49)39-28-29-44-43-20-6-9-23-47(43)56-48(44)32-39)38-16-11-17-40(31-38)55-45-21-7-4-18-41(45)42-19-5-8-22-46(42)55/h1-32H/i4D,5D,6D,7D,8D,9D,11D,16D,17D,18D,19D,20D,21D,22D,23D,28D,29D,31D,32D. The quantitative estimate of drug-likeness (QED) is 0.170. The van der Waals surface area contributed by atoms with E-state index in [0.717, 1.165) is 38.2 Å². The third-order valence-corrected chi connectivity index (χ3v) is 10.3. The van der Waals surface area contributed by atoms with Crippen molar-refractivity contribution in [3.05, 3.63) is 194 Å². The topological polar surface area (TPSA) is 43.6 Å². The summed E-state index contributed by atoms with van der Waals surface area (Å²) in [5.74, 6) is -1.10. The van der Waals surface area contributed by atoms with Crippen LogP contribution in [0.25, 0.3) is 104 Å². The first-order valence-corrected chi connectivity index (χ1v) is 18.0. The molecular weight excluding hydrogens is 701 g/mol. The Kier molecular flexibility index (Phi) is 4.36. The van der Waals surface area contributed by atoms with E-state index in [2.05, 4.69) is 4.98 Å². The Bertz CT molecular complexity index is 4270. The zero-order valence-electron chi connectivity index (χ0n) is 47.7. The van der Waals surface area contributed by atoms with Gasteiger partial charge in [0.1, 0.15) is 0 Å². The lowest BCUT2D eigenvalue weighted by Gasteiger charge is -2.12. The normalized spacial score (nSPS) is 16.3. The van der Waals surface area contributed by atoms with Gasteiger partial charge in [-0.2, -0.15) is 0 Å². The number of benzene rings is 8. The van der Waals surface area contributed by atoms with Gasteiger partial charge >= 0.3 is 0 Å². The van der Waals surface area contributed by atoms with E-state index >= 15 is 0 Å². The van der Waals surface area contributed by atoms with Crippen molar-refractivity contribution >= 4 is 53.3 Å². The smallest absolute Gasteiger partial charge is 0.164 e. The van der Waals surface area contributed by atoms with Crippen molar-refractivity contribution in [1.82, 2.24) is 19.5 Å². The summed E-state index contributed by atoms with van der Waals surface area (Å²) >= 11 is 0.814. The van der Waals surface area contributed by atoms with Crippen molar-refractivity contribution in [2.75, 3.05) is 0 Å². The van der Waals surface area contributed by atoms with Crippen LogP contribution in [-0.4, -0.2) is 19.5 Å². The predicted octanol–water partition coefficient (Wildman–Crippen LogP) is 13.7. The van der Waals surface area contributed by atoms with Gasteiger partial charge in [0.15, 0.2) is 17.5 Å². The molecule has 0 atom stereocenters. The summed E-state index contributed by atoms with van der Waals surface area (Å²) in [6.45, 7) is 0. The molecule has 0 N–H and O–H groups in total. The van der Waals surface area contributed by atoms with Gasteiger partial charge in [0.05, 0.1) is 37.1 Å². The van der Waals surface area contributed by atoms with Crippen LogP contribution in [0.3, 0.4) is 0 Å². The number of aromatic nitrogens is 4. The van der Waals surface area contributed by atoms with Gasteiger partial charge in [0, 0.05) is 53.3 Å². The second kappa shape index (κ2) is 13.3. The van der Waals surface area contributed by atoms with E-state index in [0.29, 0.717) is 5.56 Å². The van der Waals surface area contributed by atoms with Crippen molar-refractivity contribution < 1.29 is 26.0 Å². The third-order valence-electron chi connectivity index (χ3n) is 9.28. The highest BCUT2D eigenvalue weighted by atomic mass is 32.1. The van der Waals surface area contributed by atoms with Crippen LogP contribution in [0.1, 0.15) is 26.0 Å². The predicted molar refractivity (Wildman–Crippen MR) is 234 cm³/mol. The molecule has 11 rings (SSSR count). The van der Waals surface area contributed by atoms with E-state index in [-0.39, 0.29) is 42.3 Å². The molecule has 8 aromatic carbocycles. The van der Waals surface area contributed by atoms with E-state index in [1.807, 2.05) is 54.6 Å². The molecule has 0 amide bonds. The molecule has 0 aliphatic carbocycles. The minimum absolute atomic E-state index is 0.00994. The van der Waals surface area contributed by atoms with Crippen LogP contribution in [0.5, 0.6) is 0 Å². The van der Waals surface area contributed by atoms with E-state index in [4.69, 9.17) is 27.8 Å². The lowest BCUT2D eigenvalue weighted by molar-refractivity contribution is 1.07. The Morgan fingerprint density at radius 3 is 1.66 bits per heavy atom. The summed E-state index contributed by atoms with van der Waals surface area (Å²) in [6, 6.07) is 12.0. The van der Waals surface area contributed by atoms with Gasteiger partial charge in [-0.15, -0.1) is 11.3 Å². The number of nitrogens with zero attached hydrogens (tertiary/aromatic N) is 4. The average molecular weight is 752 g/mol. The van der Waals surface area contributed by atoms with E-state index in [1.165, 1.54) is 0 Å². The van der Waals surface area contributed by atoms with Crippen molar-refractivity contribution in [3.8, 4) is 62.1 Å². The van der Waals surface area contributed by atoms with Crippen LogP contribution in [0.2, 0.25) is 0 Å². The molecule has 56 heavy (non-hydrogen) atoms. The van der Waals surface area contributed by atoms with Crippen molar-refractivity contribution in [2.45, 2.75) is 0 Å². The first kappa shape index (κ1) is 18.4. The number of thiophene rings is 1. The minimum atomic E-state index is -0.847. The van der Waals surface area contributed by atoms with Crippen LogP contribution in [-0.2, 0) is 0 Å². The number of hydrogen-bond acceptors (Lipinski definition) is 4. The Morgan fingerprint density at radius 2 is 0.946 bits per heavy atom. The highest BCUT2D eigenvalue weighted by Crippen LogP contribution is 2.37. The molecule has 0 unspecified atom stereocenters. The van der Waals surface area contributed by atoms with Gasteiger partial charge in [-0.25, -0.2) is 15.0 Å². The Hall–Kier alpha value is -7.21. The Morgan fingerprint density at radius 1 is 0.393 bits per heavy atom. The first-order valence-electron chi connectivity index (χ1n) is 26.7. The van der Waals surface area contributed by atoms with Gasteiger partial charge in [-0.05, 0) is 64.6 Å². The zero-order valence-corrected chi connectivity index (χ0v) is 29.5. The van der Waals surface area contributed by atoms with Crippen molar-refractivity contribution in [2.24, 2.45) is 0 Å². The van der Waals surface area contributed by atoms with Gasteiger partial charge < -0.3 is 4.57 Å². The van der Waals surface area contributed by atoms with Gasteiger partial charge in [0.2, 0.25) is 0 Å². The number of rotatable bonds is 6. The van der Waals surface area contributed by atoms with Crippen LogP contribution in [0.4, 0.5) is 0 Å². The highest BCUT2D eigenvalue weighted by Gasteiger charge is 2.17. The molecule has 3 aromatic heterocycles. The molecule has 0 spiro atoms. The second-order valence-corrected chi connectivity index (χ2v) is 13.6. The van der Waals surface area contributed by atoms with Gasteiger partial charge in [-0.1, -0.05) is 151 Å². The molecule has 4 nitrogen and oxygen atoms in total. The fourth-order valence-electron chi connectivity index (χ4n) is 6.66. The third kappa shape index (κ3) is 5.56. The molecule has 0 aliphatic rings. The fraction of sp³-hybridized carbons (Fsp3) is 0.